The zero-order chi connectivity index (χ0) is 20.3. The van der Waals surface area contributed by atoms with Gasteiger partial charge in [-0.05, 0) is 36.5 Å². The first-order chi connectivity index (χ1) is 14.8. The minimum Gasteiger partial charge on any atom is -0.365 e. The highest BCUT2D eigenvalue weighted by molar-refractivity contribution is 7.17. The molecule has 3 N–H and O–H groups in total. The number of amides is 1. The highest BCUT2D eigenvalue weighted by Gasteiger charge is 2.18. The molecule has 150 valence electrons. The Labute approximate surface area is 176 Å². The predicted octanol–water partition coefficient (Wildman–Crippen LogP) is 2.57. The first kappa shape index (κ1) is 18.5. The summed E-state index contributed by atoms with van der Waals surface area (Å²) in [5, 5.41) is 11.7. The van der Waals surface area contributed by atoms with Crippen molar-refractivity contribution in [2.24, 2.45) is 0 Å². The highest BCUT2D eigenvalue weighted by Crippen LogP contribution is 2.30. The molecule has 0 aliphatic carbocycles. The van der Waals surface area contributed by atoms with Crippen molar-refractivity contribution in [3.05, 3.63) is 54.1 Å². The number of thiophene rings is 1. The SMILES string of the molecule is O=C(Nc1cc(-c2nc(N[C@@H]3CCNC3)c3sccc3n2)ccn1)c1cnccn1. The Morgan fingerprint density at radius 2 is 2.13 bits per heavy atom. The zero-order valence-corrected chi connectivity index (χ0v) is 16.7. The van der Waals surface area contributed by atoms with E-state index in [2.05, 4.69) is 30.9 Å². The second kappa shape index (κ2) is 8.09. The van der Waals surface area contributed by atoms with Crippen LogP contribution < -0.4 is 16.0 Å². The lowest BCUT2D eigenvalue weighted by atomic mass is 10.2. The topological polar surface area (TPSA) is 118 Å². The number of aromatic nitrogens is 5. The summed E-state index contributed by atoms with van der Waals surface area (Å²) in [6, 6.07) is 5.91. The Kier molecular flexibility index (Phi) is 4.99. The molecule has 0 bridgehead atoms. The van der Waals surface area contributed by atoms with Gasteiger partial charge >= 0.3 is 0 Å². The van der Waals surface area contributed by atoms with E-state index in [0.717, 1.165) is 41.1 Å². The lowest BCUT2D eigenvalue weighted by Gasteiger charge is -2.14. The van der Waals surface area contributed by atoms with E-state index in [0.29, 0.717) is 17.7 Å². The molecule has 10 heteroatoms. The van der Waals surface area contributed by atoms with E-state index < -0.39 is 0 Å². The third-order valence-electron chi connectivity index (χ3n) is 4.76. The summed E-state index contributed by atoms with van der Waals surface area (Å²) in [7, 11) is 0. The molecular weight excluding hydrogens is 400 g/mol. The van der Waals surface area contributed by atoms with Crippen molar-refractivity contribution >= 4 is 39.1 Å². The van der Waals surface area contributed by atoms with Gasteiger partial charge in [0.05, 0.1) is 16.4 Å². The second-order valence-electron chi connectivity index (χ2n) is 6.84. The van der Waals surface area contributed by atoms with E-state index in [1.807, 2.05) is 17.5 Å². The Morgan fingerprint density at radius 1 is 1.17 bits per heavy atom. The van der Waals surface area contributed by atoms with Gasteiger partial charge in [-0.1, -0.05) is 0 Å². The number of hydrogen-bond acceptors (Lipinski definition) is 9. The third-order valence-corrected chi connectivity index (χ3v) is 5.67. The summed E-state index contributed by atoms with van der Waals surface area (Å²) < 4.78 is 1.04. The van der Waals surface area contributed by atoms with E-state index in [9.17, 15) is 4.79 Å². The van der Waals surface area contributed by atoms with E-state index in [4.69, 9.17) is 9.97 Å². The molecule has 1 saturated heterocycles. The van der Waals surface area contributed by atoms with Crippen LogP contribution >= 0.6 is 11.3 Å². The number of pyridine rings is 1. The monoisotopic (exact) mass is 418 g/mol. The number of carbonyl (C=O) groups excluding carboxylic acids is 1. The van der Waals surface area contributed by atoms with Crippen LogP contribution in [-0.4, -0.2) is 50.0 Å². The van der Waals surface area contributed by atoms with Crippen LogP contribution in [0.15, 0.2) is 48.4 Å². The number of nitrogens with one attached hydrogen (secondary N) is 3. The fourth-order valence-electron chi connectivity index (χ4n) is 3.30. The third kappa shape index (κ3) is 3.82. The van der Waals surface area contributed by atoms with E-state index in [-0.39, 0.29) is 11.6 Å². The van der Waals surface area contributed by atoms with Crippen LogP contribution in [0.2, 0.25) is 0 Å². The molecule has 0 aromatic carbocycles. The summed E-state index contributed by atoms with van der Waals surface area (Å²) in [4.78, 5) is 34.0. The zero-order valence-electron chi connectivity index (χ0n) is 15.9. The highest BCUT2D eigenvalue weighted by atomic mass is 32.1. The van der Waals surface area contributed by atoms with Crippen molar-refractivity contribution < 1.29 is 4.79 Å². The minimum atomic E-state index is -0.377. The van der Waals surface area contributed by atoms with Crippen LogP contribution in [0.25, 0.3) is 21.6 Å². The van der Waals surface area contributed by atoms with Crippen LogP contribution in [-0.2, 0) is 0 Å². The Balaban J connectivity index is 1.45. The first-order valence-electron chi connectivity index (χ1n) is 9.52. The normalized spacial score (nSPS) is 15.9. The standard InChI is InChI=1S/C20H18N8OS/c29-20(15-11-22-6-7-23-15)27-16-9-12(1-5-24-16)18-26-14-3-8-30-17(14)19(28-18)25-13-2-4-21-10-13/h1,3,5-9,11,13,21H,2,4,10H2,(H,24,27,29)(H,25,26,28)/t13-/m1/s1. The molecule has 30 heavy (non-hydrogen) atoms. The Morgan fingerprint density at radius 3 is 2.97 bits per heavy atom. The molecule has 0 unspecified atom stereocenters. The van der Waals surface area contributed by atoms with Gasteiger partial charge in [0.25, 0.3) is 5.91 Å². The number of carbonyl (C=O) groups is 1. The maximum absolute atomic E-state index is 12.4. The largest absolute Gasteiger partial charge is 0.365 e. The summed E-state index contributed by atoms with van der Waals surface area (Å²) in [6.07, 6.45) is 7.07. The van der Waals surface area contributed by atoms with Crippen LogP contribution in [0, 0.1) is 0 Å². The van der Waals surface area contributed by atoms with Crippen LogP contribution in [0.3, 0.4) is 0 Å². The van der Waals surface area contributed by atoms with Crippen LogP contribution in [0.5, 0.6) is 0 Å². The fourth-order valence-corrected chi connectivity index (χ4v) is 4.08. The van der Waals surface area contributed by atoms with Gasteiger partial charge in [0.15, 0.2) is 5.82 Å². The molecule has 0 radical (unpaired) electrons. The van der Waals surface area contributed by atoms with Crippen molar-refractivity contribution in [1.82, 2.24) is 30.2 Å². The smallest absolute Gasteiger partial charge is 0.277 e. The van der Waals surface area contributed by atoms with Crippen molar-refractivity contribution in [1.29, 1.82) is 0 Å². The fraction of sp³-hybridized carbons (Fsp3) is 0.200. The first-order valence-corrected chi connectivity index (χ1v) is 10.4. The van der Waals surface area contributed by atoms with Gasteiger partial charge in [0.2, 0.25) is 0 Å². The molecule has 5 rings (SSSR count). The molecule has 0 saturated carbocycles. The second-order valence-corrected chi connectivity index (χ2v) is 7.76. The van der Waals surface area contributed by atoms with Crippen LogP contribution in [0.4, 0.5) is 11.6 Å². The van der Waals surface area contributed by atoms with E-state index >= 15 is 0 Å². The van der Waals surface area contributed by atoms with Crippen molar-refractivity contribution in [3.63, 3.8) is 0 Å². The number of rotatable bonds is 5. The van der Waals surface area contributed by atoms with Crippen molar-refractivity contribution in [2.45, 2.75) is 12.5 Å². The predicted molar refractivity (Wildman–Crippen MR) is 116 cm³/mol. The van der Waals surface area contributed by atoms with E-state index in [1.54, 1.807) is 23.6 Å². The summed E-state index contributed by atoms with van der Waals surface area (Å²) >= 11 is 1.62. The Bertz CT molecular complexity index is 1190. The summed E-state index contributed by atoms with van der Waals surface area (Å²) in [6.45, 7) is 1.92. The molecule has 4 aromatic heterocycles. The van der Waals surface area contributed by atoms with Gasteiger partial charge < -0.3 is 16.0 Å². The maximum atomic E-state index is 12.4. The lowest BCUT2D eigenvalue weighted by Crippen LogP contribution is -2.22. The minimum absolute atomic E-state index is 0.220. The van der Waals surface area contributed by atoms with Gasteiger partial charge in [-0.25, -0.2) is 19.9 Å². The van der Waals surface area contributed by atoms with Crippen molar-refractivity contribution in [2.75, 3.05) is 23.7 Å². The molecule has 5 heterocycles. The number of nitrogens with zero attached hydrogens (tertiary/aromatic N) is 5. The van der Waals surface area contributed by atoms with E-state index in [1.165, 1.54) is 18.6 Å². The van der Waals surface area contributed by atoms with Gasteiger partial charge in [-0.2, -0.15) is 0 Å². The molecule has 1 fully saturated rings. The maximum Gasteiger partial charge on any atom is 0.277 e. The molecule has 4 aromatic rings. The number of hydrogen-bond donors (Lipinski definition) is 3. The van der Waals surface area contributed by atoms with Gasteiger partial charge in [0.1, 0.15) is 17.3 Å². The quantitative estimate of drug-likeness (QED) is 0.453. The molecule has 1 atom stereocenters. The Hall–Kier alpha value is -3.50. The number of fused-ring (bicyclic) bond motifs is 1. The van der Waals surface area contributed by atoms with Gasteiger partial charge in [0, 0.05) is 36.7 Å². The molecular formula is C20H18N8OS. The number of anilines is 2. The van der Waals surface area contributed by atoms with Gasteiger partial charge in [-0.15, -0.1) is 11.3 Å². The molecule has 1 amide bonds. The summed E-state index contributed by atoms with van der Waals surface area (Å²) in [5.74, 6) is 1.43. The summed E-state index contributed by atoms with van der Waals surface area (Å²) in [5.41, 5.74) is 1.87. The van der Waals surface area contributed by atoms with Gasteiger partial charge in [-0.3, -0.25) is 9.78 Å². The lowest BCUT2D eigenvalue weighted by molar-refractivity contribution is 0.102. The average molecular weight is 418 g/mol. The molecule has 9 nitrogen and oxygen atoms in total. The van der Waals surface area contributed by atoms with Crippen LogP contribution in [0.1, 0.15) is 16.9 Å². The molecule has 0 spiro atoms. The average Bonchev–Trinajstić information content (AvgIpc) is 3.46. The molecule has 1 aliphatic heterocycles. The molecule has 1 aliphatic rings. The van der Waals surface area contributed by atoms with Crippen molar-refractivity contribution in [3.8, 4) is 11.4 Å².